The second-order valence-electron chi connectivity index (χ2n) is 6.61. The van der Waals surface area contributed by atoms with Gasteiger partial charge in [-0.2, -0.15) is 0 Å². The third-order valence-electron chi connectivity index (χ3n) is 5.06. The number of rotatable bonds is 7. The standard InChI is InChI=1S/C21H24ClNO3/c1-3-26-19-17(22)12-15(13-18(19)25-2)20(24)23-14-21(10-7-11-21)16-8-5-4-6-9-16/h4-6,8-9,12-13H,3,7,10-11,14H2,1-2H3,(H,23,24). The maximum atomic E-state index is 12.7. The van der Waals surface area contributed by atoms with E-state index >= 15 is 0 Å². The van der Waals surface area contributed by atoms with E-state index in [9.17, 15) is 4.79 Å². The molecular weight excluding hydrogens is 350 g/mol. The molecule has 2 aromatic rings. The Hall–Kier alpha value is -2.20. The number of methoxy groups -OCH3 is 1. The van der Waals surface area contributed by atoms with Gasteiger partial charge >= 0.3 is 0 Å². The van der Waals surface area contributed by atoms with E-state index in [1.807, 2.05) is 25.1 Å². The zero-order valence-corrected chi connectivity index (χ0v) is 15.9. The topological polar surface area (TPSA) is 47.6 Å². The number of ether oxygens (including phenoxy) is 2. The first-order valence-electron chi connectivity index (χ1n) is 8.93. The minimum atomic E-state index is -0.157. The van der Waals surface area contributed by atoms with Crippen LogP contribution in [0.4, 0.5) is 0 Å². The highest BCUT2D eigenvalue weighted by atomic mass is 35.5. The van der Waals surface area contributed by atoms with Crippen molar-refractivity contribution in [2.24, 2.45) is 0 Å². The molecule has 1 aliphatic rings. The normalized spacial score (nSPS) is 15.0. The molecule has 0 saturated heterocycles. The molecule has 0 aromatic heterocycles. The monoisotopic (exact) mass is 373 g/mol. The van der Waals surface area contributed by atoms with Gasteiger partial charge in [-0.25, -0.2) is 0 Å². The van der Waals surface area contributed by atoms with Crippen molar-refractivity contribution in [2.45, 2.75) is 31.6 Å². The van der Waals surface area contributed by atoms with Crippen molar-refractivity contribution in [1.82, 2.24) is 5.32 Å². The van der Waals surface area contributed by atoms with Gasteiger partial charge in [0.2, 0.25) is 0 Å². The Kier molecular flexibility index (Phi) is 5.72. The predicted molar refractivity (Wildman–Crippen MR) is 103 cm³/mol. The number of halogens is 1. The van der Waals surface area contributed by atoms with Gasteiger partial charge in [-0.3, -0.25) is 4.79 Å². The van der Waals surface area contributed by atoms with Gasteiger partial charge in [0.15, 0.2) is 11.5 Å². The van der Waals surface area contributed by atoms with E-state index in [0.717, 1.165) is 12.8 Å². The van der Waals surface area contributed by atoms with Crippen LogP contribution in [0, 0.1) is 0 Å². The lowest BCUT2D eigenvalue weighted by Gasteiger charge is -2.42. The van der Waals surface area contributed by atoms with Crippen LogP contribution in [0.25, 0.3) is 0 Å². The molecule has 4 nitrogen and oxygen atoms in total. The molecule has 26 heavy (non-hydrogen) atoms. The lowest BCUT2D eigenvalue weighted by Crippen LogP contribution is -2.45. The first kappa shape index (κ1) is 18.6. The van der Waals surface area contributed by atoms with Crippen LogP contribution in [-0.2, 0) is 5.41 Å². The minimum absolute atomic E-state index is 0.0378. The summed E-state index contributed by atoms with van der Waals surface area (Å²) in [6.45, 7) is 2.96. The van der Waals surface area contributed by atoms with Crippen LogP contribution in [0.2, 0.25) is 5.02 Å². The summed E-state index contributed by atoms with van der Waals surface area (Å²) >= 11 is 6.28. The molecule has 138 valence electrons. The number of hydrogen-bond donors (Lipinski definition) is 1. The maximum Gasteiger partial charge on any atom is 0.251 e. The largest absolute Gasteiger partial charge is 0.493 e. The number of hydrogen-bond acceptors (Lipinski definition) is 3. The third-order valence-corrected chi connectivity index (χ3v) is 5.35. The van der Waals surface area contributed by atoms with Crippen molar-refractivity contribution in [3.05, 3.63) is 58.6 Å². The molecule has 2 aromatic carbocycles. The Morgan fingerprint density at radius 3 is 2.54 bits per heavy atom. The predicted octanol–water partition coefficient (Wildman–Crippen LogP) is 4.60. The van der Waals surface area contributed by atoms with Crippen molar-refractivity contribution in [1.29, 1.82) is 0 Å². The molecule has 0 spiro atoms. The highest BCUT2D eigenvalue weighted by molar-refractivity contribution is 6.32. The van der Waals surface area contributed by atoms with E-state index in [-0.39, 0.29) is 11.3 Å². The molecule has 3 rings (SSSR count). The van der Waals surface area contributed by atoms with Crippen LogP contribution >= 0.6 is 11.6 Å². The van der Waals surface area contributed by atoms with Gasteiger partial charge in [0.1, 0.15) is 0 Å². The summed E-state index contributed by atoms with van der Waals surface area (Å²) in [6.07, 6.45) is 3.36. The fraction of sp³-hybridized carbons (Fsp3) is 0.381. The third kappa shape index (κ3) is 3.65. The molecule has 0 aliphatic heterocycles. The smallest absolute Gasteiger partial charge is 0.251 e. The number of carbonyl (C=O) groups excluding carboxylic acids is 1. The van der Waals surface area contributed by atoms with E-state index < -0.39 is 0 Å². The van der Waals surface area contributed by atoms with Crippen molar-refractivity contribution in [3.63, 3.8) is 0 Å². The minimum Gasteiger partial charge on any atom is -0.493 e. The molecule has 0 unspecified atom stereocenters. The van der Waals surface area contributed by atoms with Crippen molar-refractivity contribution >= 4 is 17.5 Å². The molecule has 1 amide bonds. The highest BCUT2D eigenvalue weighted by Gasteiger charge is 2.38. The lowest BCUT2D eigenvalue weighted by molar-refractivity contribution is 0.0927. The molecule has 1 aliphatic carbocycles. The number of nitrogens with one attached hydrogen (secondary N) is 1. The summed E-state index contributed by atoms with van der Waals surface area (Å²) in [7, 11) is 1.54. The van der Waals surface area contributed by atoms with Crippen molar-refractivity contribution in [3.8, 4) is 11.5 Å². The molecule has 1 saturated carbocycles. The second-order valence-corrected chi connectivity index (χ2v) is 7.01. The second kappa shape index (κ2) is 8.00. The Morgan fingerprint density at radius 1 is 1.23 bits per heavy atom. The fourth-order valence-electron chi connectivity index (χ4n) is 3.45. The highest BCUT2D eigenvalue weighted by Crippen LogP contribution is 2.43. The van der Waals surface area contributed by atoms with Gasteiger partial charge < -0.3 is 14.8 Å². The van der Waals surface area contributed by atoms with E-state index in [1.54, 1.807) is 12.1 Å². The summed E-state index contributed by atoms with van der Waals surface area (Å²) < 4.78 is 10.8. The molecule has 5 heteroatoms. The van der Waals surface area contributed by atoms with E-state index in [0.29, 0.717) is 35.2 Å². The average molecular weight is 374 g/mol. The van der Waals surface area contributed by atoms with Crippen LogP contribution in [0.1, 0.15) is 42.1 Å². The van der Waals surface area contributed by atoms with E-state index in [1.165, 1.54) is 19.1 Å². The summed E-state index contributed by atoms with van der Waals surface area (Å²) in [6, 6.07) is 13.7. The Bertz CT molecular complexity index is 772. The maximum absolute atomic E-state index is 12.7. The zero-order chi connectivity index (χ0) is 18.6. The van der Waals surface area contributed by atoms with Crippen molar-refractivity contribution in [2.75, 3.05) is 20.3 Å². The van der Waals surface area contributed by atoms with Gasteiger partial charge in [0.25, 0.3) is 5.91 Å². The SMILES string of the molecule is CCOc1c(Cl)cc(C(=O)NCC2(c3ccccc3)CCC2)cc1OC. The number of amides is 1. The summed E-state index contributed by atoms with van der Waals surface area (Å²) in [5.74, 6) is 0.773. The molecule has 0 radical (unpaired) electrons. The lowest BCUT2D eigenvalue weighted by atomic mass is 9.64. The van der Waals surface area contributed by atoms with Crippen LogP contribution < -0.4 is 14.8 Å². The molecule has 1 N–H and O–H groups in total. The van der Waals surface area contributed by atoms with Crippen LogP contribution in [0.5, 0.6) is 11.5 Å². The van der Waals surface area contributed by atoms with E-state index in [4.69, 9.17) is 21.1 Å². The summed E-state index contributed by atoms with van der Waals surface area (Å²) in [5, 5.41) is 3.45. The zero-order valence-electron chi connectivity index (χ0n) is 15.2. The summed E-state index contributed by atoms with van der Waals surface area (Å²) in [4.78, 5) is 12.7. The van der Waals surface area contributed by atoms with Gasteiger partial charge in [-0.15, -0.1) is 0 Å². The first-order valence-corrected chi connectivity index (χ1v) is 9.31. The van der Waals surface area contributed by atoms with Gasteiger partial charge in [0, 0.05) is 17.5 Å². The Labute approximate surface area is 159 Å². The molecule has 0 heterocycles. The Balaban J connectivity index is 1.75. The fourth-order valence-corrected chi connectivity index (χ4v) is 3.71. The van der Waals surface area contributed by atoms with Crippen molar-refractivity contribution < 1.29 is 14.3 Å². The number of carbonyl (C=O) groups is 1. The number of benzene rings is 2. The van der Waals surface area contributed by atoms with Gasteiger partial charge in [-0.05, 0) is 37.5 Å². The summed E-state index contributed by atoms with van der Waals surface area (Å²) in [5.41, 5.74) is 1.79. The molecule has 0 bridgehead atoms. The first-order chi connectivity index (χ1) is 12.6. The van der Waals surface area contributed by atoms with Crippen LogP contribution in [0.3, 0.4) is 0 Å². The van der Waals surface area contributed by atoms with Gasteiger partial charge in [0.05, 0.1) is 18.7 Å². The van der Waals surface area contributed by atoms with Crippen LogP contribution in [0.15, 0.2) is 42.5 Å². The average Bonchev–Trinajstić information content (AvgIpc) is 2.63. The Morgan fingerprint density at radius 2 is 1.96 bits per heavy atom. The quantitative estimate of drug-likeness (QED) is 0.771. The van der Waals surface area contributed by atoms with E-state index in [2.05, 4.69) is 17.4 Å². The molecule has 1 fully saturated rings. The molecular formula is C21H24ClNO3. The molecule has 0 atom stereocenters. The van der Waals surface area contributed by atoms with Gasteiger partial charge in [-0.1, -0.05) is 48.4 Å². The van der Waals surface area contributed by atoms with Crippen LogP contribution in [-0.4, -0.2) is 26.2 Å².